The molecule has 0 radical (unpaired) electrons. The van der Waals surface area contributed by atoms with Gasteiger partial charge in [-0.05, 0) is 11.6 Å². The summed E-state index contributed by atoms with van der Waals surface area (Å²) in [5, 5.41) is 10.7. The van der Waals surface area contributed by atoms with Crippen molar-refractivity contribution in [1.29, 1.82) is 0 Å². The molecule has 6 nitrogen and oxygen atoms in total. The number of aromatic nitrogens is 2. The fourth-order valence-corrected chi connectivity index (χ4v) is 4.22. The molecule has 1 aliphatic rings. The van der Waals surface area contributed by atoms with E-state index in [0.717, 1.165) is 10.9 Å². The van der Waals surface area contributed by atoms with Crippen molar-refractivity contribution in [3.05, 3.63) is 65.9 Å². The number of para-hydroxylation sites is 1. The van der Waals surface area contributed by atoms with Gasteiger partial charge in [-0.2, -0.15) is 5.10 Å². The number of rotatable bonds is 4. The average molecular weight is 366 g/mol. The van der Waals surface area contributed by atoms with Crippen molar-refractivity contribution < 1.29 is 9.59 Å². The van der Waals surface area contributed by atoms with Crippen molar-refractivity contribution >= 4 is 34.5 Å². The molecule has 1 atom stereocenters. The lowest BCUT2D eigenvalue weighted by atomic mass is 10.1. The molecule has 2 aromatic carbocycles. The Balaban J connectivity index is 1.50. The van der Waals surface area contributed by atoms with Gasteiger partial charge in [0.25, 0.3) is 5.91 Å². The Morgan fingerprint density at radius 2 is 2.04 bits per heavy atom. The summed E-state index contributed by atoms with van der Waals surface area (Å²) in [6.45, 7) is 0.457. The van der Waals surface area contributed by atoms with Gasteiger partial charge in [0.15, 0.2) is 0 Å². The highest BCUT2D eigenvalue weighted by molar-refractivity contribution is 7.99. The van der Waals surface area contributed by atoms with Crippen molar-refractivity contribution in [2.75, 3.05) is 11.6 Å². The molecule has 26 heavy (non-hydrogen) atoms. The minimum Gasteiger partial charge on any atom is -0.350 e. The normalized spacial score (nSPS) is 16.8. The first-order chi connectivity index (χ1) is 12.7. The Kier molecular flexibility index (Phi) is 4.62. The Hall–Kier alpha value is -2.80. The minimum atomic E-state index is -0.464. The van der Waals surface area contributed by atoms with Gasteiger partial charge in [-0.15, -0.1) is 11.8 Å². The molecule has 2 N–H and O–H groups in total. The number of carbonyl (C=O) groups is 2. The van der Waals surface area contributed by atoms with Crippen LogP contribution in [-0.4, -0.2) is 44.6 Å². The highest BCUT2D eigenvalue weighted by Crippen LogP contribution is 2.26. The van der Waals surface area contributed by atoms with E-state index in [2.05, 4.69) is 15.5 Å². The van der Waals surface area contributed by atoms with Gasteiger partial charge >= 0.3 is 0 Å². The number of aromatic amines is 1. The van der Waals surface area contributed by atoms with E-state index in [1.807, 2.05) is 42.5 Å². The van der Waals surface area contributed by atoms with Gasteiger partial charge in [0.05, 0.1) is 23.2 Å². The number of hydrogen-bond donors (Lipinski definition) is 2. The summed E-state index contributed by atoms with van der Waals surface area (Å²) in [7, 11) is 0. The summed E-state index contributed by atoms with van der Waals surface area (Å²) in [6.07, 6.45) is 1.69. The molecule has 0 spiro atoms. The van der Waals surface area contributed by atoms with Crippen LogP contribution in [0.5, 0.6) is 0 Å². The van der Waals surface area contributed by atoms with Gasteiger partial charge in [-0.25, -0.2) is 0 Å². The second-order valence-corrected chi connectivity index (χ2v) is 7.13. The molecule has 1 saturated heterocycles. The van der Waals surface area contributed by atoms with E-state index in [-0.39, 0.29) is 11.8 Å². The zero-order chi connectivity index (χ0) is 17.9. The van der Waals surface area contributed by atoms with Crippen molar-refractivity contribution in [1.82, 2.24) is 20.4 Å². The van der Waals surface area contributed by atoms with Crippen LogP contribution in [-0.2, 0) is 11.3 Å². The van der Waals surface area contributed by atoms with E-state index in [1.165, 1.54) is 0 Å². The number of nitrogens with one attached hydrogen (secondary N) is 2. The molecule has 7 heteroatoms. The molecule has 4 rings (SSSR count). The van der Waals surface area contributed by atoms with E-state index in [4.69, 9.17) is 0 Å². The van der Waals surface area contributed by atoms with E-state index in [9.17, 15) is 9.59 Å². The first kappa shape index (κ1) is 16.7. The van der Waals surface area contributed by atoms with Gasteiger partial charge < -0.3 is 10.2 Å². The summed E-state index contributed by atoms with van der Waals surface area (Å²) < 4.78 is 0. The third kappa shape index (κ3) is 3.17. The summed E-state index contributed by atoms with van der Waals surface area (Å²) >= 11 is 1.59. The minimum absolute atomic E-state index is 0.121. The number of nitrogens with zero attached hydrogens (tertiary/aromatic N) is 2. The lowest BCUT2D eigenvalue weighted by molar-refractivity contribution is -0.124. The van der Waals surface area contributed by atoms with Gasteiger partial charge in [0, 0.05) is 17.7 Å². The van der Waals surface area contributed by atoms with E-state index < -0.39 is 6.04 Å². The van der Waals surface area contributed by atoms with Crippen LogP contribution in [0.3, 0.4) is 0 Å². The molecule has 0 aliphatic carbocycles. The molecule has 1 aliphatic heterocycles. The summed E-state index contributed by atoms with van der Waals surface area (Å²) in [5.74, 6) is 0.840. The zero-order valence-electron chi connectivity index (χ0n) is 14.0. The molecule has 3 aromatic rings. The molecular formula is C19H18N4O2S. The zero-order valence-corrected chi connectivity index (χ0v) is 14.8. The molecule has 2 amide bonds. The molecule has 2 heterocycles. The highest BCUT2D eigenvalue weighted by Gasteiger charge is 2.35. The number of thioether (sulfide) groups is 1. The largest absolute Gasteiger partial charge is 0.350 e. The van der Waals surface area contributed by atoms with E-state index >= 15 is 0 Å². The number of benzene rings is 2. The van der Waals surface area contributed by atoms with Crippen LogP contribution < -0.4 is 5.32 Å². The Bertz CT molecular complexity index is 941. The Labute approximate surface area is 155 Å². The number of amides is 2. The topological polar surface area (TPSA) is 78.1 Å². The number of hydrogen-bond acceptors (Lipinski definition) is 4. The lowest BCUT2D eigenvalue weighted by Gasteiger charge is -2.23. The quantitative estimate of drug-likeness (QED) is 0.743. The van der Waals surface area contributed by atoms with Gasteiger partial charge in [0.2, 0.25) is 5.91 Å². The Morgan fingerprint density at radius 3 is 2.88 bits per heavy atom. The van der Waals surface area contributed by atoms with Crippen LogP contribution in [0.4, 0.5) is 0 Å². The fraction of sp³-hybridized carbons (Fsp3) is 0.211. The third-order valence-corrected chi connectivity index (χ3v) is 5.47. The molecule has 0 saturated carbocycles. The van der Waals surface area contributed by atoms with Gasteiger partial charge in [-0.1, -0.05) is 42.5 Å². The predicted molar refractivity (Wildman–Crippen MR) is 102 cm³/mol. The molecule has 132 valence electrons. The van der Waals surface area contributed by atoms with Gasteiger partial charge in [0.1, 0.15) is 6.04 Å². The Morgan fingerprint density at radius 1 is 1.19 bits per heavy atom. The average Bonchev–Trinajstić information content (AvgIpc) is 3.35. The smallest absolute Gasteiger partial charge is 0.257 e. The maximum Gasteiger partial charge on any atom is 0.257 e. The SMILES string of the molecule is O=C(NCc1ccccc1)C1CSCN1C(=O)c1cccc2cn[nH]c12. The summed E-state index contributed by atoms with van der Waals surface area (Å²) in [5.41, 5.74) is 2.29. The molecule has 1 unspecified atom stereocenters. The standard InChI is InChI=1S/C19H18N4O2S/c24-18(20-9-13-5-2-1-3-6-13)16-11-26-12-23(16)19(25)15-8-4-7-14-10-21-22-17(14)15/h1-8,10,16H,9,11-12H2,(H,20,24)(H,21,22). The summed E-state index contributed by atoms with van der Waals surface area (Å²) in [4.78, 5) is 27.3. The van der Waals surface area contributed by atoms with Crippen LogP contribution in [0.1, 0.15) is 15.9 Å². The highest BCUT2D eigenvalue weighted by atomic mass is 32.2. The monoisotopic (exact) mass is 366 g/mol. The molecule has 0 bridgehead atoms. The van der Waals surface area contributed by atoms with Crippen molar-refractivity contribution in [2.45, 2.75) is 12.6 Å². The predicted octanol–water partition coefficient (Wildman–Crippen LogP) is 2.39. The number of carbonyl (C=O) groups excluding carboxylic acids is 2. The van der Waals surface area contributed by atoms with Crippen LogP contribution >= 0.6 is 11.8 Å². The van der Waals surface area contributed by atoms with Crippen molar-refractivity contribution in [3.8, 4) is 0 Å². The van der Waals surface area contributed by atoms with Gasteiger partial charge in [-0.3, -0.25) is 14.7 Å². The van der Waals surface area contributed by atoms with E-state index in [1.54, 1.807) is 28.9 Å². The molecule has 1 aromatic heterocycles. The fourth-order valence-electron chi connectivity index (χ4n) is 3.06. The van der Waals surface area contributed by atoms with Crippen molar-refractivity contribution in [3.63, 3.8) is 0 Å². The number of fused-ring (bicyclic) bond motifs is 1. The lowest BCUT2D eigenvalue weighted by Crippen LogP contribution is -2.47. The van der Waals surface area contributed by atoms with Crippen LogP contribution in [0.25, 0.3) is 10.9 Å². The second kappa shape index (κ2) is 7.21. The van der Waals surface area contributed by atoms with Crippen molar-refractivity contribution in [2.24, 2.45) is 0 Å². The van der Waals surface area contributed by atoms with Crippen LogP contribution in [0.15, 0.2) is 54.7 Å². The molecule has 1 fully saturated rings. The van der Waals surface area contributed by atoms with Crippen LogP contribution in [0.2, 0.25) is 0 Å². The first-order valence-corrected chi connectivity index (χ1v) is 9.52. The molecular weight excluding hydrogens is 348 g/mol. The van der Waals surface area contributed by atoms with E-state index in [0.29, 0.717) is 29.3 Å². The maximum absolute atomic E-state index is 13.0. The first-order valence-electron chi connectivity index (χ1n) is 8.36. The van der Waals surface area contributed by atoms with Crippen LogP contribution in [0, 0.1) is 0 Å². The second-order valence-electron chi connectivity index (χ2n) is 6.13. The number of H-pyrrole nitrogens is 1. The summed E-state index contributed by atoms with van der Waals surface area (Å²) in [6, 6.07) is 14.8. The maximum atomic E-state index is 13.0. The third-order valence-electron chi connectivity index (χ3n) is 4.46.